The molecule has 2 unspecified atom stereocenters. The minimum absolute atomic E-state index is 0.328. The largest absolute Gasteiger partial charge is 0.485 e. The number of anilines is 1. The molecule has 0 spiro atoms. The van der Waals surface area contributed by atoms with Crippen molar-refractivity contribution in [3.8, 4) is 5.75 Å². The zero-order chi connectivity index (χ0) is 12.0. The van der Waals surface area contributed by atoms with Gasteiger partial charge in [-0.05, 0) is 52.7 Å². The summed E-state index contributed by atoms with van der Waals surface area (Å²) >= 11 is 3.56. The summed E-state index contributed by atoms with van der Waals surface area (Å²) in [4.78, 5) is 0. The topological polar surface area (TPSA) is 21.3 Å². The van der Waals surface area contributed by atoms with Crippen molar-refractivity contribution in [3.63, 3.8) is 0 Å². The van der Waals surface area contributed by atoms with Gasteiger partial charge in [-0.3, -0.25) is 0 Å². The Bertz CT molecular complexity index is 444. The summed E-state index contributed by atoms with van der Waals surface area (Å²) in [5.41, 5.74) is 1.56. The van der Waals surface area contributed by atoms with E-state index < -0.39 is 0 Å². The van der Waals surface area contributed by atoms with Crippen molar-refractivity contribution >= 4 is 21.6 Å². The molecule has 92 valence electrons. The Hall–Kier alpha value is -0.700. The molecule has 0 aromatic heterocycles. The molecule has 3 heteroatoms. The second kappa shape index (κ2) is 3.91. The first kappa shape index (κ1) is 11.4. The van der Waals surface area contributed by atoms with E-state index in [9.17, 15) is 0 Å². The summed E-state index contributed by atoms with van der Waals surface area (Å²) in [5.74, 6) is 0.980. The summed E-state index contributed by atoms with van der Waals surface area (Å²) in [6.07, 6.45) is 3.90. The van der Waals surface area contributed by atoms with Crippen molar-refractivity contribution in [1.29, 1.82) is 0 Å². The molecule has 1 heterocycles. The van der Waals surface area contributed by atoms with E-state index in [0.717, 1.165) is 22.3 Å². The van der Waals surface area contributed by atoms with Crippen molar-refractivity contribution in [2.24, 2.45) is 5.41 Å². The van der Waals surface area contributed by atoms with Gasteiger partial charge in [0.05, 0.1) is 16.2 Å². The predicted molar refractivity (Wildman–Crippen MR) is 73.6 cm³/mol. The van der Waals surface area contributed by atoms with Gasteiger partial charge in [0.1, 0.15) is 6.10 Å². The molecule has 2 nitrogen and oxygen atoms in total. The van der Waals surface area contributed by atoms with Crippen LogP contribution in [0.2, 0.25) is 0 Å². The number of nitrogens with one attached hydrogen (secondary N) is 1. The molecule has 1 aromatic carbocycles. The van der Waals surface area contributed by atoms with Crippen molar-refractivity contribution in [3.05, 3.63) is 22.7 Å². The van der Waals surface area contributed by atoms with Crippen LogP contribution >= 0.6 is 15.9 Å². The number of hydrogen-bond donors (Lipinski definition) is 1. The van der Waals surface area contributed by atoms with Crippen molar-refractivity contribution < 1.29 is 4.74 Å². The van der Waals surface area contributed by atoms with Gasteiger partial charge in [0.2, 0.25) is 0 Å². The number of hydrogen-bond acceptors (Lipinski definition) is 2. The molecule has 17 heavy (non-hydrogen) atoms. The monoisotopic (exact) mass is 295 g/mol. The number of para-hydroxylation sites is 1. The highest BCUT2D eigenvalue weighted by Crippen LogP contribution is 2.44. The Morgan fingerprint density at radius 2 is 2.24 bits per heavy atom. The van der Waals surface area contributed by atoms with Gasteiger partial charge in [0.15, 0.2) is 5.75 Å². The maximum Gasteiger partial charge on any atom is 0.157 e. The number of fused-ring (bicyclic) bond motifs is 2. The average molecular weight is 296 g/mol. The Kier molecular flexibility index (Phi) is 2.62. The molecule has 3 rings (SSSR count). The highest BCUT2D eigenvalue weighted by molar-refractivity contribution is 9.10. The normalized spacial score (nSPS) is 29.6. The minimum atomic E-state index is 0.328. The van der Waals surface area contributed by atoms with Crippen LogP contribution < -0.4 is 10.1 Å². The van der Waals surface area contributed by atoms with E-state index in [-0.39, 0.29) is 0 Å². The van der Waals surface area contributed by atoms with Gasteiger partial charge in [0.25, 0.3) is 0 Å². The summed E-state index contributed by atoms with van der Waals surface area (Å²) < 4.78 is 7.20. The van der Waals surface area contributed by atoms with Gasteiger partial charge in [-0.2, -0.15) is 0 Å². The number of benzene rings is 1. The molecular weight excluding hydrogens is 278 g/mol. The molecule has 1 saturated carbocycles. The standard InChI is InChI=1S/C14H18BrNO/c1-14(2)7-6-12-11(8-14)16-10-5-3-4-9(15)13(10)17-12/h3-5,11-12,16H,6-8H2,1-2H3. The molecule has 0 amide bonds. The summed E-state index contributed by atoms with van der Waals surface area (Å²) in [7, 11) is 0. The first-order chi connectivity index (χ1) is 8.05. The zero-order valence-electron chi connectivity index (χ0n) is 10.3. The van der Waals surface area contributed by atoms with Crippen molar-refractivity contribution in [2.45, 2.75) is 45.3 Å². The molecule has 1 N–H and O–H groups in total. The maximum absolute atomic E-state index is 6.15. The van der Waals surface area contributed by atoms with Gasteiger partial charge < -0.3 is 10.1 Å². The highest BCUT2D eigenvalue weighted by atomic mass is 79.9. The lowest BCUT2D eigenvalue weighted by molar-refractivity contribution is 0.0770. The Morgan fingerprint density at radius 3 is 3.06 bits per heavy atom. The lowest BCUT2D eigenvalue weighted by Crippen LogP contribution is -2.47. The number of ether oxygens (including phenoxy) is 1. The third kappa shape index (κ3) is 2.05. The first-order valence-electron chi connectivity index (χ1n) is 6.27. The van der Waals surface area contributed by atoms with Gasteiger partial charge >= 0.3 is 0 Å². The summed E-state index contributed by atoms with van der Waals surface area (Å²) in [6.45, 7) is 4.70. The fraction of sp³-hybridized carbons (Fsp3) is 0.571. The lowest BCUT2D eigenvalue weighted by Gasteiger charge is -2.44. The SMILES string of the molecule is CC1(C)CCC2Oc3c(Br)cccc3NC2C1. The molecule has 1 aliphatic heterocycles. The highest BCUT2D eigenvalue weighted by Gasteiger charge is 2.39. The van der Waals surface area contributed by atoms with Crippen LogP contribution in [0.25, 0.3) is 0 Å². The van der Waals surface area contributed by atoms with Crippen LogP contribution in [-0.2, 0) is 0 Å². The van der Waals surface area contributed by atoms with Gasteiger partial charge in [-0.25, -0.2) is 0 Å². The van der Waals surface area contributed by atoms with Crippen LogP contribution in [0.5, 0.6) is 5.75 Å². The molecule has 0 bridgehead atoms. The molecule has 0 saturated heterocycles. The van der Waals surface area contributed by atoms with Crippen LogP contribution in [0, 0.1) is 5.41 Å². The van der Waals surface area contributed by atoms with E-state index in [2.05, 4.69) is 41.2 Å². The van der Waals surface area contributed by atoms with Gasteiger partial charge in [-0.1, -0.05) is 19.9 Å². The Balaban J connectivity index is 1.90. The fourth-order valence-corrected chi connectivity index (χ4v) is 3.40. The second-order valence-corrected chi connectivity index (χ2v) is 6.79. The van der Waals surface area contributed by atoms with Crippen LogP contribution in [0.15, 0.2) is 22.7 Å². The third-order valence-electron chi connectivity index (χ3n) is 3.90. The van der Waals surface area contributed by atoms with E-state index in [1.807, 2.05) is 12.1 Å². The van der Waals surface area contributed by atoms with Crippen molar-refractivity contribution in [2.75, 3.05) is 5.32 Å². The molecule has 2 aliphatic rings. The Labute approximate surface area is 111 Å². The van der Waals surface area contributed by atoms with E-state index in [0.29, 0.717) is 17.6 Å². The quantitative estimate of drug-likeness (QED) is 0.774. The molecule has 2 atom stereocenters. The second-order valence-electron chi connectivity index (χ2n) is 5.93. The molecule has 1 aromatic rings. The minimum Gasteiger partial charge on any atom is -0.485 e. The van der Waals surface area contributed by atoms with Gasteiger partial charge in [-0.15, -0.1) is 0 Å². The average Bonchev–Trinajstić information content (AvgIpc) is 2.26. The Morgan fingerprint density at radius 1 is 1.41 bits per heavy atom. The summed E-state index contributed by atoms with van der Waals surface area (Å²) in [6, 6.07) is 6.64. The van der Waals surface area contributed by atoms with E-state index in [1.165, 1.54) is 12.8 Å². The lowest BCUT2D eigenvalue weighted by atomic mass is 9.73. The smallest absolute Gasteiger partial charge is 0.157 e. The first-order valence-corrected chi connectivity index (χ1v) is 7.06. The number of rotatable bonds is 0. The van der Waals surface area contributed by atoms with Crippen LogP contribution in [0.1, 0.15) is 33.1 Å². The van der Waals surface area contributed by atoms with E-state index in [1.54, 1.807) is 0 Å². The maximum atomic E-state index is 6.15. The predicted octanol–water partition coefficient (Wildman–Crippen LogP) is 4.20. The van der Waals surface area contributed by atoms with Crippen LogP contribution in [0.4, 0.5) is 5.69 Å². The van der Waals surface area contributed by atoms with E-state index >= 15 is 0 Å². The van der Waals surface area contributed by atoms with E-state index in [4.69, 9.17) is 4.74 Å². The van der Waals surface area contributed by atoms with Crippen LogP contribution in [0.3, 0.4) is 0 Å². The molecule has 1 fully saturated rings. The zero-order valence-corrected chi connectivity index (χ0v) is 11.9. The molecule has 0 radical (unpaired) electrons. The number of halogens is 1. The summed E-state index contributed by atoms with van der Waals surface area (Å²) in [5, 5.41) is 3.64. The van der Waals surface area contributed by atoms with Gasteiger partial charge in [0, 0.05) is 0 Å². The fourth-order valence-electron chi connectivity index (χ4n) is 2.94. The van der Waals surface area contributed by atoms with Crippen molar-refractivity contribution in [1.82, 2.24) is 0 Å². The van der Waals surface area contributed by atoms with Crippen LogP contribution in [-0.4, -0.2) is 12.1 Å². The third-order valence-corrected chi connectivity index (χ3v) is 4.53. The molecular formula is C14H18BrNO. The molecule has 1 aliphatic carbocycles.